The number of carboxylic acid groups (broad SMARTS) is 1. The van der Waals surface area contributed by atoms with Crippen molar-refractivity contribution in [3.05, 3.63) is 58.5 Å². The zero-order chi connectivity index (χ0) is 16.7. The van der Waals surface area contributed by atoms with E-state index in [9.17, 15) is 9.59 Å². The molecule has 0 radical (unpaired) electrons. The van der Waals surface area contributed by atoms with Crippen LogP contribution in [-0.4, -0.2) is 27.0 Å². The predicted molar refractivity (Wildman–Crippen MR) is 85.5 cm³/mol. The highest BCUT2D eigenvalue weighted by atomic mass is 16.7. The van der Waals surface area contributed by atoms with Crippen LogP contribution in [0.4, 0.5) is 0 Å². The lowest BCUT2D eigenvalue weighted by Gasteiger charge is -2.04. The van der Waals surface area contributed by atoms with E-state index in [2.05, 4.69) is 0 Å². The van der Waals surface area contributed by atoms with E-state index in [0.29, 0.717) is 29.1 Å². The largest absolute Gasteiger partial charge is 0.480 e. The molecule has 1 aromatic heterocycles. The molecular formula is C17H14N2O5. The molecule has 4 rings (SSSR count). The van der Waals surface area contributed by atoms with E-state index in [1.165, 1.54) is 4.57 Å². The fourth-order valence-corrected chi connectivity index (χ4v) is 2.91. The van der Waals surface area contributed by atoms with Gasteiger partial charge in [-0.1, -0.05) is 30.3 Å². The highest BCUT2D eigenvalue weighted by Gasteiger charge is 2.21. The lowest BCUT2D eigenvalue weighted by molar-refractivity contribution is -0.137. The Morgan fingerprint density at radius 3 is 2.29 bits per heavy atom. The number of aliphatic carboxylic acids is 1. The Morgan fingerprint density at radius 2 is 1.67 bits per heavy atom. The molecule has 1 N–H and O–H groups in total. The molecule has 0 amide bonds. The number of ether oxygens (including phenoxy) is 2. The third-order valence-electron chi connectivity index (χ3n) is 3.99. The van der Waals surface area contributed by atoms with Crippen molar-refractivity contribution in [1.29, 1.82) is 0 Å². The van der Waals surface area contributed by atoms with Crippen LogP contribution in [0.15, 0.2) is 47.3 Å². The summed E-state index contributed by atoms with van der Waals surface area (Å²) < 4.78 is 13.5. The molecule has 0 saturated heterocycles. The molecule has 24 heavy (non-hydrogen) atoms. The summed E-state index contributed by atoms with van der Waals surface area (Å²) in [5.74, 6) is -0.0104. The standard InChI is InChI=1S/C17H14N2O5/c20-16(21)9-19-13-7-15-14(23-10-24-15)6-12(13)18(17(19)22)8-11-4-2-1-3-5-11/h1-7H,8-10H2,(H,20,21). The van der Waals surface area contributed by atoms with Gasteiger partial charge in [0.1, 0.15) is 6.54 Å². The first-order valence-corrected chi connectivity index (χ1v) is 7.42. The zero-order valence-electron chi connectivity index (χ0n) is 12.6. The lowest BCUT2D eigenvalue weighted by Crippen LogP contribution is -2.27. The topological polar surface area (TPSA) is 82.7 Å². The Bertz CT molecular complexity index is 988. The number of rotatable bonds is 4. The number of nitrogens with zero attached hydrogens (tertiary/aromatic N) is 2. The third kappa shape index (κ3) is 2.30. The van der Waals surface area contributed by atoms with Gasteiger partial charge in [0, 0.05) is 12.1 Å². The Morgan fingerprint density at radius 1 is 1.04 bits per heavy atom. The van der Waals surface area contributed by atoms with Crippen LogP contribution in [0.1, 0.15) is 5.56 Å². The number of hydrogen-bond donors (Lipinski definition) is 1. The van der Waals surface area contributed by atoms with Crippen molar-refractivity contribution in [3.8, 4) is 11.5 Å². The summed E-state index contributed by atoms with van der Waals surface area (Å²) in [6.45, 7) is 0.0585. The molecule has 0 spiro atoms. The van der Waals surface area contributed by atoms with E-state index in [-0.39, 0.29) is 12.5 Å². The van der Waals surface area contributed by atoms with Crippen molar-refractivity contribution in [3.63, 3.8) is 0 Å². The molecule has 0 bridgehead atoms. The highest BCUT2D eigenvalue weighted by molar-refractivity contribution is 5.82. The number of carboxylic acids is 1. The van der Waals surface area contributed by atoms with Gasteiger partial charge >= 0.3 is 11.7 Å². The number of aromatic nitrogens is 2. The second-order valence-electron chi connectivity index (χ2n) is 5.53. The summed E-state index contributed by atoms with van der Waals surface area (Å²) in [5, 5.41) is 9.12. The molecular weight excluding hydrogens is 312 g/mol. The molecule has 2 heterocycles. The minimum Gasteiger partial charge on any atom is -0.480 e. The molecule has 2 aromatic carbocycles. The molecule has 7 heteroatoms. The second kappa shape index (κ2) is 5.45. The summed E-state index contributed by atoms with van der Waals surface area (Å²) in [6, 6.07) is 12.9. The minimum atomic E-state index is -1.08. The fraction of sp³-hybridized carbons (Fsp3) is 0.176. The van der Waals surface area contributed by atoms with Crippen LogP contribution in [-0.2, 0) is 17.9 Å². The Kier molecular flexibility index (Phi) is 3.26. The first-order valence-electron chi connectivity index (χ1n) is 7.42. The number of benzene rings is 2. The summed E-state index contributed by atoms with van der Waals surface area (Å²) in [4.78, 5) is 23.9. The van der Waals surface area contributed by atoms with Gasteiger partial charge in [-0.05, 0) is 5.56 Å². The van der Waals surface area contributed by atoms with Crippen LogP contribution < -0.4 is 15.2 Å². The molecule has 0 aliphatic carbocycles. The van der Waals surface area contributed by atoms with Gasteiger partial charge in [-0.15, -0.1) is 0 Å². The normalized spacial score (nSPS) is 12.7. The summed E-state index contributed by atoms with van der Waals surface area (Å²) in [5.41, 5.74) is 1.71. The van der Waals surface area contributed by atoms with Crippen molar-refractivity contribution in [1.82, 2.24) is 9.13 Å². The van der Waals surface area contributed by atoms with Crippen molar-refractivity contribution in [2.75, 3.05) is 6.79 Å². The van der Waals surface area contributed by atoms with Gasteiger partial charge in [0.2, 0.25) is 6.79 Å². The molecule has 3 aromatic rings. The second-order valence-corrected chi connectivity index (χ2v) is 5.53. The maximum Gasteiger partial charge on any atom is 0.329 e. The molecule has 7 nitrogen and oxygen atoms in total. The van der Waals surface area contributed by atoms with Gasteiger partial charge in [-0.2, -0.15) is 0 Å². The number of imidazole rings is 1. The monoisotopic (exact) mass is 326 g/mol. The quantitative estimate of drug-likeness (QED) is 0.788. The van der Waals surface area contributed by atoms with Crippen LogP contribution in [0.5, 0.6) is 11.5 Å². The molecule has 0 saturated carbocycles. The van der Waals surface area contributed by atoms with Crippen molar-refractivity contribution < 1.29 is 19.4 Å². The van der Waals surface area contributed by atoms with E-state index in [4.69, 9.17) is 14.6 Å². The van der Waals surface area contributed by atoms with Gasteiger partial charge in [-0.3, -0.25) is 13.9 Å². The minimum absolute atomic E-state index is 0.115. The van der Waals surface area contributed by atoms with Gasteiger partial charge in [0.15, 0.2) is 11.5 Å². The van der Waals surface area contributed by atoms with Crippen LogP contribution >= 0.6 is 0 Å². The van der Waals surface area contributed by atoms with E-state index < -0.39 is 12.5 Å². The summed E-state index contributed by atoms with van der Waals surface area (Å²) in [6.07, 6.45) is 0. The summed E-state index contributed by atoms with van der Waals surface area (Å²) >= 11 is 0. The summed E-state index contributed by atoms with van der Waals surface area (Å²) in [7, 11) is 0. The number of hydrogen-bond acceptors (Lipinski definition) is 4. The Balaban J connectivity index is 1.93. The molecule has 122 valence electrons. The van der Waals surface area contributed by atoms with Crippen LogP contribution in [0.25, 0.3) is 11.0 Å². The Labute approximate surface area is 136 Å². The third-order valence-corrected chi connectivity index (χ3v) is 3.99. The van der Waals surface area contributed by atoms with Crippen molar-refractivity contribution in [2.24, 2.45) is 0 Å². The van der Waals surface area contributed by atoms with Gasteiger partial charge in [-0.25, -0.2) is 4.79 Å². The highest BCUT2D eigenvalue weighted by Crippen LogP contribution is 2.35. The average Bonchev–Trinajstić information content (AvgIpc) is 3.12. The van der Waals surface area contributed by atoms with Gasteiger partial charge in [0.05, 0.1) is 17.6 Å². The van der Waals surface area contributed by atoms with Crippen molar-refractivity contribution in [2.45, 2.75) is 13.1 Å². The van der Waals surface area contributed by atoms with Crippen LogP contribution in [0, 0.1) is 0 Å². The van der Waals surface area contributed by atoms with E-state index in [1.807, 2.05) is 30.3 Å². The van der Waals surface area contributed by atoms with E-state index in [0.717, 1.165) is 5.56 Å². The lowest BCUT2D eigenvalue weighted by atomic mass is 10.2. The molecule has 0 fully saturated rings. The first-order chi connectivity index (χ1) is 11.6. The van der Waals surface area contributed by atoms with E-state index in [1.54, 1.807) is 16.7 Å². The molecule has 1 aliphatic rings. The Hall–Kier alpha value is -3.22. The van der Waals surface area contributed by atoms with Crippen LogP contribution in [0.3, 0.4) is 0 Å². The predicted octanol–water partition coefficient (Wildman–Crippen LogP) is 1.66. The molecule has 0 atom stereocenters. The smallest absolute Gasteiger partial charge is 0.329 e. The van der Waals surface area contributed by atoms with Gasteiger partial charge in [0.25, 0.3) is 0 Å². The van der Waals surface area contributed by atoms with Gasteiger partial charge < -0.3 is 14.6 Å². The number of fused-ring (bicyclic) bond motifs is 2. The molecule has 0 unspecified atom stereocenters. The fourth-order valence-electron chi connectivity index (χ4n) is 2.91. The molecule has 1 aliphatic heterocycles. The number of carbonyl (C=O) groups is 1. The average molecular weight is 326 g/mol. The van der Waals surface area contributed by atoms with E-state index >= 15 is 0 Å². The van der Waals surface area contributed by atoms with Crippen molar-refractivity contribution >= 4 is 17.0 Å². The maximum atomic E-state index is 12.7. The SMILES string of the molecule is O=C(O)Cn1c(=O)n(Cc2ccccc2)c2cc3c(cc21)OCO3. The van der Waals surface area contributed by atoms with Crippen LogP contribution in [0.2, 0.25) is 0 Å². The zero-order valence-corrected chi connectivity index (χ0v) is 12.6. The first kappa shape index (κ1) is 14.4. The maximum absolute atomic E-state index is 12.7.